The quantitative estimate of drug-likeness (QED) is 0.179. The van der Waals surface area contributed by atoms with Crippen LogP contribution in [0, 0.1) is 0 Å². The van der Waals surface area contributed by atoms with Crippen LogP contribution in [-0.2, 0) is 23.9 Å². The Morgan fingerprint density at radius 3 is 2.04 bits per heavy atom. The normalized spacial score (nSPS) is 11.0. The SMILES string of the molecule is COC(=O)C(C)c1cccc(NC(=O)NCC(=O)N(CC(=O)N(C)c2ccccc2)c2ccccc2OCC(=O)N(C)c2ccccc2OC)c1. The number of benzene rings is 4. The number of anilines is 4. The molecule has 0 aromatic heterocycles. The maximum atomic E-state index is 13.8. The van der Waals surface area contributed by atoms with Gasteiger partial charge in [-0.2, -0.15) is 0 Å². The van der Waals surface area contributed by atoms with E-state index in [4.69, 9.17) is 14.2 Å². The number of methoxy groups -OCH3 is 2. The van der Waals surface area contributed by atoms with Crippen LogP contribution >= 0.6 is 0 Å². The van der Waals surface area contributed by atoms with Crippen molar-refractivity contribution < 1.29 is 38.2 Å². The van der Waals surface area contributed by atoms with Crippen molar-refractivity contribution >= 4 is 52.5 Å². The standard InChI is InChI=1S/C38H41N5O8/c1-26(37(47)50-5)27-14-13-15-28(22-27)40-38(48)39-23-34(44)43(24-35(45)41(2)29-16-7-6-8-17-29)31-19-10-12-21-33(31)51-25-36(46)42(3)30-18-9-11-20-32(30)49-4/h6-22,26H,23-25H2,1-5H3,(H2,39,40,48). The number of likely N-dealkylation sites (N-methyl/N-ethyl adjacent to an activating group) is 2. The molecule has 0 fully saturated rings. The number of ether oxygens (including phenoxy) is 3. The number of hydrogen-bond acceptors (Lipinski definition) is 8. The van der Waals surface area contributed by atoms with Gasteiger partial charge < -0.3 is 34.6 Å². The summed E-state index contributed by atoms with van der Waals surface area (Å²) in [7, 11) is 6.00. The van der Waals surface area contributed by atoms with Crippen LogP contribution in [0.15, 0.2) is 103 Å². The highest BCUT2D eigenvalue weighted by molar-refractivity contribution is 6.06. The van der Waals surface area contributed by atoms with E-state index in [1.54, 1.807) is 118 Å². The van der Waals surface area contributed by atoms with Crippen LogP contribution < -0.4 is 34.8 Å². The summed E-state index contributed by atoms with van der Waals surface area (Å²) in [6.45, 7) is 0.400. The lowest BCUT2D eigenvalue weighted by Crippen LogP contribution is -2.46. The van der Waals surface area contributed by atoms with E-state index in [0.717, 1.165) is 0 Å². The zero-order chi connectivity index (χ0) is 36.9. The number of rotatable bonds is 14. The number of urea groups is 1. The molecule has 0 radical (unpaired) electrons. The zero-order valence-electron chi connectivity index (χ0n) is 29.1. The number of carbonyl (C=O) groups excluding carboxylic acids is 5. The summed E-state index contributed by atoms with van der Waals surface area (Å²) in [5, 5.41) is 5.20. The number of nitrogens with zero attached hydrogens (tertiary/aromatic N) is 3. The predicted octanol–water partition coefficient (Wildman–Crippen LogP) is 4.83. The molecule has 0 spiro atoms. The van der Waals surface area contributed by atoms with Crippen LogP contribution in [-0.4, -0.2) is 77.7 Å². The first-order valence-electron chi connectivity index (χ1n) is 16.0. The first-order valence-corrected chi connectivity index (χ1v) is 16.0. The summed E-state index contributed by atoms with van der Waals surface area (Å²) in [4.78, 5) is 69.4. The Bertz CT molecular complexity index is 1850. The fourth-order valence-electron chi connectivity index (χ4n) is 5.05. The van der Waals surface area contributed by atoms with Gasteiger partial charge in [-0.15, -0.1) is 0 Å². The topological polar surface area (TPSA) is 147 Å². The summed E-state index contributed by atoms with van der Waals surface area (Å²) in [6.07, 6.45) is 0. The maximum absolute atomic E-state index is 13.8. The van der Waals surface area contributed by atoms with Gasteiger partial charge >= 0.3 is 12.0 Å². The third-order valence-electron chi connectivity index (χ3n) is 8.04. The fraction of sp³-hybridized carbons (Fsp3) is 0.237. The van der Waals surface area contributed by atoms with E-state index < -0.39 is 48.7 Å². The molecule has 4 aromatic rings. The van der Waals surface area contributed by atoms with E-state index >= 15 is 0 Å². The molecule has 2 N–H and O–H groups in total. The van der Waals surface area contributed by atoms with Crippen LogP contribution in [0.2, 0.25) is 0 Å². The molecule has 0 aliphatic rings. The summed E-state index contributed by atoms with van der Waals surface area (Å²) in [6, 6.07) is 28.5. The second-order valence-electron chi connectivity index (χ2n) is 11.3. The second-order valence-corrected chi connectivity index (χ2v) is 11.3. The van der Waals surface area contributed by atoms with E-state index in [2.05, 4.69) is 10.6 Å². The summed E-state index contributed by atoms with van der Waals surface area (Å²) in [5.74, 6) is -1.74. The highest BCUT2D eigenvalue weighted by Gasteiger charge is 2.26. The monoisotopic (exact) mass is 695 g/mol. The van der Waals surface area contributed by atoms with Crippen molar-refractivity contribution in [3.8, 4) is 11.5 Å². The van der Waals surface area contributed by atoms with E-state index in [0.29, 0.717) is 28.4 Å². The highest BCUT2D eigenvalue weighted by atomic mass is 16.5. The van der Waals surface area contributed by atoms with E-state index in [1.165, 1.54) is 28.9 Å². The number of nitrogens with one attached hydrogen (secondary N) is 2. The first-order chi connectivity index (χ1) is 24.5. The highest BCUT2D eigenvalue weighted by Crippen LogP contribution is 2.30. The van der Waals surface area contributed by atoms with Gasteiger partial charge in [-0.3, -0.25) is 24.1 Å². The molecule has 0 saturated carbocycles. The lowest BCUT2D eigenvalue weighted by molar-refractivity contribution is -0.142. The first kappa shape index (κ1) is 37.4. The Morgan fingerprint density at radius 2 is 1.35 bits per heavy atom. The van der Waals surface area contributed by atoms with Gasteiger partial charge in [0.2, 0.25) is 11.8 Å². The Kier molecular flexibility index (Phi) is 13.1. The molecule has 0 heterocycles. The molecule has 4 aromatic carbocycles. The molecule has 0 aliphatic carbocycles. The number of hydrogen-bond donors (Lipinski definition) is 2. The van der Waals surface area contributed by atoms with E-state index in [-0.39, 0.29) is 18.0 Å². The molecule has 4 rings (SSSR count). The predicted molar refractivity (Wildman–Crippen MR) is 194 cm³/mol. The minimum Gasteiger partial charge on any atom is -0.495 e. The Hall–Kier alpha value is -6.37. The van der Waals surface area contributed by atoms with Crippen molar-refractivity contribution in [2.75, 3.05) is 68.0 Å². The molecule has 5 amide bonds. The van der Waals surface area contributed by atoms with Crippen molar-refractivity contribution in [3.63, 3.8) is 0 Å². The summed E-state index contributed by atoms with van der Waals surface area (Å²) in [5.41, 5.74) is 2.41. The third-order valence-corrected chi connectivity index (χ3v) is 8.04. The Labute approximate surface area is 296 Å². The molecule has 51 heavy (non-hydrogen) atoms. The van der Waals surface area contributed by atoms with Gasteiger partial charge in [0.15, 0.2) is 6.61 Å². The molecule has 0 bridgehead atoms. The molecule has 0 aliphatic heterocycles. The largest absolute Gasteiger partial charge is 0.495 e. The molecule has 0 saturated heterocycles. The van der Waals surface area contributed by atoms with Gasteiger partial charge in [-0.25, -0.2) is 4.79 Å². The molecule has 13 nitrogen and oxygen atoms in total. The van der Waals surface area contributed by atoms with Gasteiger partial charge in [0, 0.05) is 25.5 Å². The average molecular weight is 696 g/mol. The average Bonchev–Trinajstić information content (AvgIpc) is 3.17. The fourth-order valence-corrected chi connectivity index (χ4v) is 5.05. The number of para-hydroxylation sites is 5. The summed E-state index contributed by atoms with van der Waals surface area (Å²) < 4.78 is 16.1. The third kappa shape index (κ3) is 9.85. The lowest BCUT2D eigenvalue weighted by atomic mass is 10.0. The molecule has 13 heteroatoms. The smallest absolute Gasteiger partial charge is 0.319 e. The van der Waals surface area contributed by atoms with Crippen molar-refractivity contribution in [3.05, 3.63) is 109 Å². The zero-order valence-corrected chi connectivity index (χ0v) is 29.1. The molecule has 1 atom stereocenters. The van der Waals surface area contributed by atoms with Crippen LogP contribution in [0.1, 0.15) is 18.4 Å². The Balaban J connectivity index is 1.52. The van der Waals surface area contributed by atoms with Gasteiger partial charge in [0.1, 0.15) is 18.0 Å². The van der Waals surface area contributed by atoms with Gasteiger partial charge in [-0.1, -0.05) is 54.6 Å². The van der Waals surface area contributed by atoms with Gasteiger partial charge in [0.25, 0.3) is 5.91 Å². The molecular formula is C38H41N5O8. The second kappa shape index (κ2) is 17.9. The van der Waals surface area contributed by atoms with Crippen molar-refractivity contribution in [1.82, 2.24) is 5.32 Å². The van der Waals surface area contributed by atoms with Gasteiger partial charge in [0.05, 0.1) is 38.1 Å². The molecule has 266 valence electrons. The van der Waals surface area contributed by atoms with E-state index in [1.807, 2.05) is 6.07 Å². The minimum atomic E-state index is -0.687. The van der Waals surface area contributed by atoms with Crippen molar-refractivity contribution in [1.29, 1.82) is 0 Å². The van der Waals surface area contributed by atoms with Crippen LogP contribution in [0.4, 0.5) is 27.5 Å². The Morgan fingerprint density at radius 1 is 0.706 bits per heavy atom. The van der Waals surface area contributed by atoms with Gasteiger partial charge in [-0.05, 0) is 61.0 Å². The summed E-state index contributed by atoms with van der Waals surface area (Å²) >= 11 is 0. The van der Waals surface area contributed by atoms with Crippen molar-refractivity contribution in [2.24, 2.45) is 0 Å². The van der Waals surface area contributed by atoms with Crippen LogP contribution in [0.5, 0.6) is 11.5 Å². The number of carbonyl (C=O) groups is 5. The van der Waals surface area contributed by atoms with Crippen LogP contribution in [0.3, 0.4) is 0 Å². The lowest BCUT2D eigenvalue weighted by Gasteiger charge is -2.27. The minimum absolute atomic E-state index is 0.170. The van der Waals surface area contributed by atoms with Crippen LogP contribution in [0.25, 0.3) is 0 Å². The van der Waals surface area contributed by atoms with E-state index in [9.17, 15) is 24.0 Å². The number of esters is 1. The van der Waals surface area contributed by atoms with Crippen molar-refractivity contribution in [2.45, 2.75) is 12.8 Å². The molecular weight excluding hydrogens is 654 g/mol. The molecule has 1 unspecified atom stereocenters. The maximum Gasteiger partial charge on any atom is 0.319 e. The number of amides is 5.